The minimum Gasteiger partial charge on any atom is -0.258 e. The Morgan fingerprint density at radius 3 is 2.56 bits per heavy atom. The van der Waals surface area contributed by atoms with Gasteiger partial charge in [-0.15, -0.1) is 0 Å². The van der Waals surface area contributed by atoms with E-state index in [9.17, 15) is 21.6 Å². The van der Waals surface area contributed by atoms with Crippen LogP contribution in [0.5, 0.6) is 0 Å². The van der Waals surface area contributed by atoms with E-state index in [4.69, 9.17) is 0 Å². The highest BCUT2D eigenvalue weighted by atomic mass is 32.2. The first-order valence-corrected chi connectivity index (χ1v) is 9.62. The molecule has 0 spiro atoms. The molecule has 0 unspecified atom stereocenters. The Morgan fingerprint density at radius 2 is 1.96 bits per heavy atom. The van der Waals surface area contributed by atoms with E-state index in [1.165, 1.54) is 10.9 Å². The van der Waals surface area contributed by atoms with Gasteiger partial charge in [-0.2, -0.15) is 18.3 Å². The van der Waals surface area contributed by atoms with Crippen LogP contribution in [0, 0.1) is 0 Å². The first-order valence-electron chi connectivity index (χ1n) is 7.73. The second kappa shape index (κ2) is 6.41. The number of nitrogens with one attached hydrogen (secondary N) is 1. The SMILES string of the molecule is CS(=O)(=O)NCc1ccc(-n2nc(C(F)(F)F)c3c2CCCC3)cn1. The smallest absolute Gasteiger partial charge is 0.258 e. The summed E-state index contributed by atoms with van der Waals surface area (Å²) < 4.78 is 65.5. The third kappa shape index (κ3) is 4.01. The van der Waals surface area contributed by atoms with Gasteiger partial charge in [0.05, 0.1) is 30.4 Å². The van der Waals surface area contributed by atoms with Crippen LogP contribution in [0.2, 0.25) is 0 Å². The standard InChI is InChI=1S/C15H17F3N4O2S/c1-25(23,24)20-8-10-6-7-11(9-19-10)22-13-5-3-2-4-12(13)14(21-22)15(16,17)18/h6-7,9,20H,2-5,8H2,1H3. The van der Waals surface area contributed by atoms with Crippen molar-refractivity contribution in [2.24, 2.45) is 0 Å². The summed E-state index contributed by atoms with van der Waals surface area (Å²) in [4.78, 5) is 4.11. The van der Waals surface area contributed by atoms with Gasteiger partial charge in [-0.3, -0.25) is 4.98 Å². The fraction of sp³-hybridized carbons (Fsp3) is 0.467. The van der Waals surface area contributed by atoms with Crippen LogP contribution in [0.3, 0.4) is 0 Å². The van der Waals surface area contributed by atoms with E-state index in [0.29, 0.717) is 29.9 Å². The topological polar surface area (TPSA) is 76.9 Å². The third-order valence-corrected chi connectivity index (χ3v) is 4.69. The van der Waals surface area contributed by atoms with E-state index in [0.717, 1.165) is 19.1 Å². The monoisotopic (exact) mass is 374 g/mol. The molecule has 2 aromatic heterocycles. The molecule has 1 N–H and O–H groups in total. The molecule has 0 atom stereocenters. The lowest BCUT2D eigenvalue weighted by molar-refractivity contribution is -0.142. The lowest BCUT2D eigenvalue weighted by Crippen LogP contribution is -2.21. The van der Waals surface area contributed by atoms with Crippen molar-refractivity contribution in [3.05, 3.63) is 41.0 Å². The predicted octanol–water partition coefficient (Wildman–Crippen LogP) is 2.21. The Balaban J connectivity index is 1.93. The maximum Gasteiger partial charge on any atom is 0.435 e. The highest BCUT2D eigenvalue weighted by Crippen LogP contribution is 2.36. The first kappa shape index (κ1) is 17.9. The molecule has 1 aliphatic rings. The minimum atomic E-state index is -4.49. The molecule has 25 heavy (non-hydrogen) atoms. The molecule has 0 aromatic carbocycles. The van der Waals surface area contributed by atoms with E-state index < -0.39 is 21.9 Å². The van der Waals surface area contributed by atoms with Crippen LogP contribution >= 0.6 is 0 Å². The Bertz CT molecular complexity index is 873. The van der Waals surface area contributed by atoms with Gasteiger partial charge >= 0.3 is 6.18 Å². The fourth-order valence-corrected chi connectivity index (χ4v) is 3.30. The summed E-state index contributed by atoms with van der Waals surface area (Å²) in [6, 6.07) is 3.16. The van der Waals surface area contributed by atoms with Crippen molar-refractivity contribution in [2.75, 3.05) is 6.26 Å². The highest BCUT2D eigenvalue weighted by Gasteiger charge is 2.39. The number of hydrogen-bond acceptors (Lipinski definition) is 4. The van der Waals surface area contributed by atoms with E-state index >= 15 is 0 Å². The van der Waals surface area contributed by atoms with Crippen molar-refractivity contribution < 1.29 is 21.6 Å². The number of nitrogens with zero attached hydrogens (tertiary/aromatic N) is 3. The van der Waals surface area contributed by atoms with Gasteiger partial charge in [0, 0.05) is 11.3 Å². The maximum absolute atomic E-state index is 13.2. The zero-order valence-corrected chi connectivity index (χ0v) is 14.3. The van der Waals surface area contributed by atoms with Crippen molar-refractivity contribution in [1.82, 2.24) is 19.5 Å². The van der Waals surface area contributed by atoms with Gasteiger partial charge in [0.15, 0.2) is 5.69 Å². The zero-order chi connectivity index (χ0) is 18.2. The summed E-state index contributed by atoms with van der Waals surface area (Å²) in [7, 11) is -3.34. The lowest BCUT2D eigenvalue weighted by atomic mass is 9.95. The number of alkyl halides is 3. The van der Waals surface area contributed by atoms with E-state index in [1.54, 1.807) is 12.1 Å². The van der Waals surface area contributed by atoms with E-state index in [2.05, 4.69) is 14.8 Å². The number of halogens is 3. The molecule has 1 aliphatic carbocycles. The fourth-order valence-electron chi connectivity index (χ4n) is 2.89. The second-order valence-electron chi connectivity index (χ2n) is 5.99. The number of aromatic nitrogens is 3. The Morgan fingerprint density at radius 1 is 1.24 bits per heavy atom. The molecule has 136 valence electrons. The van der Waals surface area contributed by atoms with Gasteiger partial charge in [-0.05, 0) is 37.8 Å². The quantitative estimate of drug-likeness (QED) is 0.890. The minimum absolute atomic E-state index is 0.0180. The molecule has 0 saturated heterocycles. The molecular formula is C15H17F3N4O2S. The Labute approximate surface area is 143 Å². The van der Waals surface area contributed by atoms with Crippen LogP contribution in [-0.4, -0.2) is 29.4 Å². The number of rotatable bonds is 4. The molecule has 0 aliphatic heterocycles. The van der Waals surface area contributed by atoms with Gasteiger partial charge < -0.3 is 0 Å². The van der Waals surface area contributed by atoms with Gasteiger partial charge in [-0.25, -0.2) is 17.8 Å². The van der Waals surface area contributed by atoms with Crippen LogP contribution in [-0.2, 0) is 35.6 Å². The second-order valence-corrected chi connectivity index (χ2v) is 7.82. The molecular weight excluding hydrogens is 357 g/mol. The van der Waals surface area contributed by atoms with Crippen LogP contribution in [0.25, 0.3) is 5.69 Å². The molecule has 3 rings (SSSR count). The van der Waals surface area contributed by atoms with Gasteiger partial charge in [0.2, 0.25) is 10.0 Å². The number of pyridine rings is 1. The molecule has 6 nitrogen and oxygen atoms in total. The van der Waals surface area contributed by atoms with Crippen LogP contribution in [0.1, 0.15) is 35.5 Å². The summed E-state index contributed by atoms with van der Waals surface area (Å²) in [6.07, 6.45) is 0.399. The number of sulfonamides is 1. The largest absolute Gasteiger partial charge is 0.435 e. The van der Waals surface area contributed by atoms with Gasteiger partial charge in [-0.1, -0.05) is 0 Å². The summed E-state index contributed by atoms with van der Waals surface area (Å²) >= 11 is 0. The Hall–Kier alpha value is -1.94. The predicted molar refractivity (Wildman–Crippen MR) is 84.7 cm³/mol. The normalized spacial score (nSPS) is 15.2. The molecule has 0 bridgehead atoms. The molecule has 10 heteroatoms. The average molecular weight is 374 g/mol. The number of hydrogen-bond donors (Lipinski definition) is 1. The highest BCUT2D eigenvalue weighted by molar-refractivity contribution is 7.88. The number of fused-ring (bicyclic) bond motifs is 1. The summed E-state index contributed by atoms with van der Waals surface area (Å²) in [6.45, 7) is 0.0180. The van der Waals surface area contributed by atoms with E-state index in [1.807, 2.05) is 0 Å². The average Bonchev–Trinajstić information content (AvgIpc) is 2.93. The zero-order valence-electron chi connectivity index (χ0n) is 13.5. The Kier molecular flexibility index (Phi) is 4.58. The molecule has 0 amide bonds. The summed E-state index contributed by atoms with van der Waals surface area (Å²) in [5.41, 5.74) is 0.900. The van der Waals surface area contributed by atoms with Crippen LogP contribution < -0.4 is 4.72 Å². The van der Waals surface area contributed by atoms with Crippen molar-refractivity contribution >= 4 is 10.0 Å². The molecule has 0 fully saturated rings. The van der Waals surface area contributed by atoms with Crippen LogP contribution in [0.15, 0.2) is 18.3 Å². The van der Waals surface area contributed by atoms with Crippen LogP contribution in [0.4, 0.5) is 13.2 Å². The summed E-state index contributed by atoms with van der Waals surface area (Å²) in [5, 5.41) is 3.79. The maximum atomic E-state index is 13.2. The molecule has 2 aromatic rings. The van der Waals surface area contributed by atoms with Crippen molar-refractivity contribution in [1.29, 1.82) is 0 Å². The summed E-state index contributed by atoms with van der Waals surface area (Å²) in [5.74, 6) is 0. The first-order chi connectivity index (χ1) is 11.6. The third-order valence-electron chi connectivity index (χ3n) is 4.02. The van der Waals surface area contributed by atoms with Gasteiger partial charge in [0.1, 0.15) is 0 Å². The van der Waals surface area contributed by atoms with E-state index in [-0.39, 0.29) is 12.1 Å². The molecule has 0 saturated carbocycles. The molecule has 2 heterocycles. The van der Waals surface area contributed by atoms with Crippen molar-refractivity contribution in [3.63, 3.8) is 0 Å². The van der Waals surface area contributed by atoms with Gasteiger partial charge in [0.25, 0.3) is 0 Å². The van der Waals surface area contributed by atoms with Crippen molar-refractivity contribution in [2.45, 2.75) is 38.4 Å². The lowest BCUT2D eigenvalue weighted by Gasteiger charge is -2.14. The molecule has 0 radical (unpaired) electrons. The van der Waals surface area contributed by atoms with Crippen molar-refractivity contribution in [3.8, 4) is 5.69 Å².